The highest BCUT2D eigenvalue weighted by Gasteiger charge is 2.01. The molecule has 0 aromatic carbocycles. The van der Waals surface area contributed by atoms with E-state index in [1.54, 1.807) is 11.8 Å². The van der Waals surface area contributed by atoms with Gasteiger partial charge in [0.1, 0.15) is 0 Å². The normalized spacial score (nSPS) is 12.7. The Morgan fingerprint density at radius 1 is 1.80 bits per heavy atom. The molecule has 0 heterocycles. The second kappa shape index (κ2) is 5.56. The van der Waals surface area contributed by atoms with Gasteiger partial charge in [0.25, 0.3) is 0 Å². The first-order chi connectivity index (χ1) is 4.70. The minimum absolute atomic E-state index is 0.221. The second-order valence-electron chi connectivity index (χ2n) is 1.83. The molecule has 0 bridgehead atoms. The topological polar surface area (TPSA) is 38.3 Å². The van der Waals surface area contributed by atoms with Gasteiger partial charge in [0, 0.05) is 0 Å². The van der Waals surface area contributed by atoms with Crippen LogP contribution in [0.1, 0.15) is 6.92 Å². The average Bonchev–Trinajstić information content (AvgIpc) is 1.99. The van der Waals surface area contributed by atoms with Crippen molar-refractivity contribution < 1.29 is 9.53 Å². The number of hydrogen-bond acceptors (Lipinski definition) is 4. The highest BCUT2D eigenvalue weighted by molar-refractivity contribution is 7.99. The van der Waals surface area contributed by atoms with E-state index >= 15 is 0 Å². The Bertz CT molecular complexity index is 108. The summed E-state index contributed by atoms with van der Waals surface area (Å²) in [4.78, 5) is 10.5. The Labute approximate surface area is 65.5 Å². The minimum atomic E-state index is -0.221. The molecule has 0 aromatic heterocycles. The molecule has 0 rings (SSSR count). The molecule has 0 aliphatic rings. The Balaban J connectivity index is 3.26. The molecule has 0 aliphatic heterocycles. The first kappa shape index (κ1) is 9.78. The van der Waals surface area contributed by atoms with Crippen LogP contribution < -0.4 is 5.32 Å². The molecule has 0 saturated heterocycles. The zero-order valence-corrected chi connectivity index (χ0v) is 7.33. The van der Waals surface area contributed by atoms with Crippen LogP contribution in [0.2, 0.25) is 0 Å². The van der Waals surface area contributed by atoms with Crippen LogP contribution in [0.15, 0.2) is 0 Å². The van der Waals surface area contributed by atoms with Crippen molar-refractivity contribution in [2.24, 2.45) is 0 Å². The standard InChI is InChI=1S/C6H13NO2S/c1-5(10-3)7-4-6(8)9-2/h5,7H,4H2,1-3H3. The number of esters is 1. The third-order valence-corrected chi connectivity index (χ3v) is 1.99. The van der Waals surface area contributed by atoms with Gasteiger partial charge in [-0.05, 0) is 13.2 Å². The van der Waals surface area contributed by atoms with E-state index in [4.69, 9.17) is 0 Å². The molecule has 0 aromatic rings. The number of nitrogens with one attached hydrogen (secondary N) is 1. The molecule has 1 N–H and O–H groups in total. The van der Waals surface area contributed by atoms with E-state index in [9.17, 15) is 4.79 Å². The third kappa shape index (κ3) is 4.64. The zero-order chi connectivity index (χ0) is 7.98. The number of carbonyl (C=O) groups is 1. The van der Waals surface area contributed by atoms with E-state index in [-0.39, 0.29) is 5.97 Å². The van der Waals surface area contributed by atoms with Gasteiger partial charge in [0.2, 0.25) is 0 Å². The van der Waals surface area contributed by atoms with Crippen LogP contribution in [-0.2, 0) is 9.53 Å². The Morgan fingerprint density at radius 2 is 2.40 bits per heavy atom. The molecule has 3 nitrogen and oxygen atoms in total. The fourth-order valence-electron chi connectivity index (χ4n) is 0.383. The van der Waals surface area contributed by atoms with Crippen LogP contribution in [-0.4, -0.2) is 31.3 Å². The van der Waals surface area contributed by atoms with Crippen molar-refractivity contribution in [2.75, 3.05) is 19.9 Å². The van der Waals surface area contributed by atoms with Crippen LogP contribution in [0.25, 0.3) is 0 Å². The summed E-state index contributed by atoms with van der Waals surface area (Å²) in [5.41, 5.74) is 0. The Morgan fingerprint density at radius 3 is 2.80 bits per heavy atom. The number of hydrogen-bond donors (Lipinski definition) is 1. The van der Waals surface area contributed by atoms with Crippen LogP contribution in [0.5, 0.6) is 0 Å². The average molecular weight is 163 g/mol. The number of rotatable bonds is 4. The van der Waals surface area contributed by atoms with Crippen molar-refractivity contribution in [3.8, 4) is 0 Å². The van der Waals surface area contributed by atoms with Crippen molar-refractivity contribution in [3.63, 3.8) is 0 Å². The highest BCUT2D eigenvalue weighted by atomic mass is 32.2. The van der Waals surface area contributed by atoms with Gasteiger partial charge in [-0.3, -0.25) is 10.1 Å². The lowest BCUT2D eigenvalue weighted by atomic mass is 10.6. The highest BCUT2D eigenvalue weighted by Crippen LogP contribution is 1.98. The summed E-state index contributed by atoms with van der Waals surface area (Å²) in [5.74, 6) is -0.221. The quantitative estimate of drug-likeness (QED) is 0.482. The predicted octanol–water partition coefficient (Wildman–Crippen LogP) is 0.458. The van der Waals surface area contributed by atoms with Crippen molar-refractivity contribution >= 4 is 17.7 Å². The summed E-state index contributed by atoms with van der Waals surface area (Å²) in [5, 5.41) is 3.28. The first-order valence-corrected chi connectivity index (χ1v) is 4.32. The zero-order valence-electron chi connectivity index (χ0n) is 6.51. The molecule has 0 aliphatic carbocycles. The molecule has 0 fully saturated rings. The number of ether oxygens (including phenoxy) is 1. The van der Waals surface area contributed by atoms with E-state index in [2.05, 4.69) is 10.1 Å². The first-order valence-electron chi connectivity index (χ1n) is 3.03. The fourth-order valence-corrected chi connectivity index (χ4v) is 0.633. The Hall–Kier alpha value is -0.220. The van der Waals surface area contributed by atoms with Gasteiger partial charge in [-0.2, -0.15) is 0 Å². The minimum Gasteiger partial charge on any atom is -0.468 e. The van der Waals surface area contributed by atoms with Crippen molar-refractivity contribution in [1.29, 1.82) is 0 Å². The lowest BCUT2D eigenvalue weighted by molar-refractivity contribution is -0.139. The Kier molecular flexibility index (Phi) is 5.43. The molecule has 0 spiro atoms. The monoisotopic (exact) mass is 163 g/mol. The van der Waals surface area contributed by atoms with Crippen LogP contribution in [0.3, 0.4) is 0 Å². The second-order valence-corrected chi connectivity index (χ2v) is 3.01. The van der Waals surface area contributed by atoms with E-state index in [0.717, 1.165) is 0 Å². The van der Waals surface area contributed by atoms with Gasteiger partial charge in [0.05, 0.1) is 19.0 Å². The molecule has 60 valence electrons. The largest absolute Gasteiger partial charge is 0.468 e. The number of methoxy groups -OCH3 is 1. The van der Waals surface area contributed by atoms with E-state index in [0.29, 0.717) is 11.9 Å². The molecule has 0 amide bonds. The molecular formula is C6H13NO2S. The lowest BCUT2D eigenvalue weighted by Crippen LogP contribution is -2.29. The smallest absolute Gasteiger partial charge is 0.319 e. The van der Waals surface area contributed by atoms with Gasteiger partial charge >= 0.3 is 5.97 Å². The van der Waals surface area contributed by atoms with Crippen molar-refractivity contribution in [3.05, 3.63) is 0 Å². The molecule has 4 heteroatoms. The molecule has 0 radical (unpaired) electrons. The maximum Gasteiger partial charge on any atom is 0.319 e. The predicted molar refractivity (Wildman–Crippen MR) is 43.0 cm³/mol. The maximum absolute atomic E-state index is 10.5. The van der Waals surface area contributed by atoms with Gasteiger partial charge in [-0.1, -0.05) is 0 Å². The SMILES string of the molecule is COC(=O)CNC(C)SC. The summed E-state index contributed by atoms with van der Waals surface area (Å²) in [6, 6.07) is 0. The van der Waals surface area contributed by atoms with Gasteiger partial charge < -0.3 is 4.74 Å². The molecule has 1 atom stereocenters. The maximum atomic E-state index is 10.5. The number of carbonyl (C=O) groups excluding carboxylic acids is 1. The summed E-state index contributed by atoms with van der Waals surface area (Å²) < 4.78 is 4.43. The van der Waals surface area contributed by atoms with Gasteiger partial charge in [-0.25, -0.2) is 0 Å². The van der Waals surface area contributed by atoms with Crippen LogP contribution in [0, 0.1) is 0 Å². The molecular weight excluding hydrogens is 150 g/mol. The summed E-state index contributed by atoms with van der Waals surface area (Å²) in [6.07, 6.45) is 1.98. The lowest BCUT2D eigenvalue weighted by Gasteiger charge is -2.08. The van der Waals surface area contributed by atoms with Crippen molar-refractivity contribution in [2.45, 2.75) is 12.3 Å². The van der Waals surface area contributed by atoms with Crippen LogP contribution >= 0.6 is 11.8 Å². The van der Waals surface area contributed by atoms with Gasteiger partial charge in [-0.15, -0.1) is 11.8 Å². The van der Waals surface area contributed by atoms with Crippen molar-refractivity contribution in [1.82, 2.24) is 5.32 Å². The number of thioether (sulfide) groups is 1. The third-order valence-electron chi connectivity index (χ3n) is 1.12. The summed E-state index contributed by atoms with van der Waals surface area (Å²) in [6.45, 7) is 2.28. The summed E-state index contributed by atoms with van der Waals surface area (Å²) in [7, 11) is 1.38. The van der Waals surface area contributed by atoms with Crippen LogP contribution in [0.4, 0.5) is 0 Å². The molecule has 0 saturated carbocycles. The molecule has 10 heavy (non-hydrogen) atoms. The van der Waals surface area contributed by atoms with Gasteiger partial charge in [0.15, 0.2) is 0 Å². The molecule has 1 unspecified atom stereocenters. The van der Waals surface area contributed by atoms with E-state index in [1.807, 2.05) is 13.2 Å². The fraction of sp³-hybridized carbons (Fsp3) is 0.833. The van der Waals surface area contributed by atoms with E-state index in [1.165, 1.54) is 7.11 Å². The summed E-state index contributed by atoms with van der Waals surface area (Å²) >= 11 is 1.66. The van der Waals surface area contributed by atoms with E-state index < -0.39 is 0 Å².